The first-order valence-corrected chi connectivity index (χ1v) is 4.00. The number of anilines is 1. The lowest BCUT2D eigenvalue weighted by molar-refractivity contribution is 0.416. The number of hydrogen-bond acceptors (Lipinski definition) is 3. The van der Waals surface area contributed by atoms with Crippen LogP contribution in [0.1, 0.15) is 0 Å². The molecule has 1 aromatic heterocycles. The van der Waals surface area contributed by atoms with Crippen molar-refractivity contribution in [1.82, 2.24) is 4.98 Å². The van der Waals surface area contributed by atoms with Crippen molar-refractivity contribution in [3.63, 3.8) is 0 Å². The number of pyridine rings is 1. The smallest absolute Gasteiger partial charge is 0.166 e. The topological polar surface area (TPSA) is 48.1 Å². The number of fused-ring (bicyclic) bond motifs is 1. The van der Waals surface area contributed by atoms with E-state index in [9.17, 15) is 0 Å². The fraction of sp³-hybridized carbons (Fsp3) is 0.100. The molecule has 0 aliphatic heterocycles. The van der Waals surface area contributed by atoms with E-state index in [4.69, 9.17) is 10.5 Å². The van der Waals surface area contributed by atoms with Gasteiger partial charge in [0.05, 0.1) is 12.6 Å². The van der Waals surface area contributed by atoms with Crippen LogP contribution in [0.25, 0.3) is 10.9 Å². The lowest BCUT2D eigenvalue weighted by Crippen LogP contribution is -1.95. The normalized spacial score (nSPS) is 9.50. The molecule has 4 heteroatoms. The molecule has 14 heavy (non-hydrogen) atoms. The maximum atomic E-state index is 5.66. The van der Waals surface area contributed by atoms with E-state index in [0.29, 0.717) is 11.6 Å². The van der Waals surface area contributed by atoms with Gasteiger partial charge in [0.2, 0.25) is 0 Å². The predicted molar refractivity (Wildman–Crippen MR) is 60.0 cm³/mol. The Hall–Kier alpha value is -1.48. The third-order valence-corrected chi connectivity index (χ3v) is 1.94. The number of para-hydroxylation sites is 1. The third kappa shape index (κ3) is 1.72. The molecule has 0 unspecified atom stereocenters. The van der Waals surface area contributed by atoms with E-state index in [1.807, 2.05) is 30.3 Å². The molecule has 2 aromatic rings. The van der Waals surface area contributed by atoms with Crippen molar-refractivity contribution in [1.29, 1.82) is 0 Å². The van der Waals surface area contributed by atoms with Crippen molar-refractivity contribution in [2.45, 2.75) is 0 Å². The molecule has 0 spiro atoms. The molecule has 0 aliphatic rings. The number of aromatic nitrogens is 1. The number of methoxy groups -OCH3 is 1. The minimum absolute atomic E-state index is 0. The highest BCUT2D eigenvalue weighted by Gasteiger charge is 2.01. The fourth-order valence-corrected chi connectivity index (χ4v) is 1.27. The number of benzene rings is 1. The van der Waals surface area contributed by atoms with E-state index in [-0.39, 0.29) is 12.4 Å². The molecule has 0 radical (unpaired) electrons. The highest BCUT2D eigenvalue weighted by molar-refractivity contribution is 5.85. The van der Waals surface area contributed by atoms with Crippen LogP contribution in [0.5, 0.6) is 5.75 Å². The standard InChI is InChI=1S/C10H10N2O.ClH/c1-13-9-6-7-4-2-3-5-8(7)12-10(9)11;/h2-6H,1H3,(H2,11,12);1H. The summed E-state index contributed by atoms with van der Waals surface area (Å²) < 4.78 is 5.07. The Bertz CT molecular complexity index is 445. The van der Waals surface area contributed by atoms with Crippen LogP contribution in [0, 0.1) is 0 Å². The van der Waals surface area contributed by atoms with Crippen molar-refractivity contribution in [2.75, 3.05) is 12.8 Å². The molecule has 0 atom stereocenters. The van der Waals surface area contributed by atoms with E-state index in [1.54, 1.807) is 7.11 Å². The molecule has 0 bridgehead atoms. The first-order chi connectivity index (χ1) is 6.31. The molecular weight excluding hydrogens is 200 g/mol. The third-order valence-electron chi connectivity index (χ3n) is 1.94. The summed E-state index contributed by atoms with van der Waals surface area (Å²) in [7, 11) is 1.59. The van der Waals surface area contributed by atoms with Crippen LogP contribution in [-0.2, 0) is 0 Å². The summed E-state index contributed by atoms with van der Waals surface area (Å²) in [5.41, 5.74) is 6.55. The van der Waals surface area contributed by atoms with Crippen molar-refractivity contribution in [2.24, 2.45) is 0 Å². The van der Waals surface area contributed by atoms with E-state index in [1.165, 1.54) is 0 Å². The summed E-state index contributed by atoms with van der Waals surface area (Å²) in [5.74, 6) is 1.06. The van der Waals surface area contributed by atoms with Gasteiger partial charge in [0.25, 0.3) is 0 Å². The molecule has 1 heterocycles. The van der Waals surface area contributed by atoms with Crippen LogP contribution in [0.15, 0.2) is 30.3 Å². The lowest BCUT2D eigenvalue weighted by atomic mass is 10.2. The van der Waals surface area contributed by atoms with Crippen molar-refractivity contribution in [3.8, 4) is 5.75 Å². The Kier molecular flexibility index (Phi) is 3.14. The Balaban J connectivity index is 0.000000980. The van der Waals surface area contributed by atoms with E-state index in [0.717, 1.165) is 10.9 Å². The van der Waals surface area contributed by atoms with Crippen molar-refractivity contribution < 1.29 is 4.74 Å². The predicted octanol–water partition coefficient (Wildman–Crippen LogP) is 2.25. The molecule has 3 nitrogen and oxygen atoms in total. The summed E-state index contributed by atoms with van der Waals surface area (Å²) in [6.07, 6.45) is 0. The number of hydrogen-bond donors (Lipinski definition) is 1. The number of nitrogens with two attached hydrogens (primary N) is 1. The van der Waals surface area contributed by atoms with E-state index in [2.05, 4.69) is 4.98 Å². The highest BCUT2D eigenvalue weighted by Crippen LogP contribution is 2.23. The number of rotatable bonds is 1. The number of ether oxygens (including phenoxy) is 1. The van der Waals surface area contributed by atoms with Crippen LogP contribution in [0.3, 0.4) is 0 Å². The minimum Gasteiger partial charge on any atom is -0.493 e. The fourth-order valence-electron chi connectivity index (χ4n) is 1.27. The molecule has 2 rings (SSSR count). The van der Waals surface area contributed by atoms with Gasteiger partial charge in [-0.05, 0) is 12.1 Å². The molecule has 0 aliphatic carbocycles. The second-order valence-electron chi connectivity index (χ2n) is 2.77. The molecule has 0 amide bonds. The maximum absolute atomic E-state index is 5.66. The van der Waals surface area contributed by atoms with Gasteiger partial charge in [-0.3, -0.25) is 0 Å². The molecular formula is C10H11ClN2O. The number of nitrogens with zero attached hydrogens (tertiary/aromatic N) is 1. The van der Waals surface area contributed by atoms with E-state index < -0.39 is 0 Å². The van der Waals surface area contributed by atoms with Gasteiger partial charge in [0.15, 0.2) is 11.6 Å². The van der Waals surface area contributed by atoms with Crippen molar-refractivity contribution >= 4 is 29.1 Å². The molecule has 74 valence electrons. The summed E-state index contributed by atoms with van der Waals surface area (Å²) in [6, 6.07) is 9.67. The summed E-state index contributed by atoms with van der Waals surface area (Å²) in [5, 5.41) is 1.04. The first kappa shape index (κ1) is 10.6. The van der Waals surface area contributed by atoms with Gasteiger partial charge >= 0.3 is 0 Å². The molecule has 0 fully saturated rings. The Morgan fingerprint density at radius 2 is 2.00 bits per heavy atom. The lowest BCUT2D eigenvalue weighted by Gasteiger charge is -2.04. The van der Waals surface area contributed by atoms with Crippen LogP contribution in [0.2, 0.25) is 0 Å². The van der Waals surface area contributed by atoms with Gasteiger partial charge in [-0.1, -0.05) is 18.2 Å². The zero-order valence-corrected chi connectivity index (χ0v) is 8.54. The highest BCUT2D eigenvalue weighted by atomic mass is 35.5. The Morgan fingerprint density at radius 1 is 1.29 bits per heavy atom. The Morgan fingerprint density at radius 3 is 2.71 bits per heavy atom. The largest absolute Gasteiger partial charge is 0.493 e. The SMILES string of the molecule is COc1cc2ccccc2nc1N.Cl. The molecule has 0 saturated heterocycles. The minimum atomic E-state index is 0. The summed E-state index contributed by atoms with van der Waals surface area (Å²) in [4.78, 5) is 4.20. The zero-order valence-electron chi connectivity index (χ0n) is 7.73. The van der Waals surface area contributed by atoms with Crippen LogP contribution in [-0.4, -0.2) is 12.1 Å². The monoisotopic (exact) mass is 210 g/mol. The van der Waals surface area contributed by atoms with Gasteiger partial charge in [-0.25, -0.2) is 4.98 Å². The van der Waals surface area contributed by atoms with Gasteiger partial charge in [-0.2, -0.15) is 0 Å². The van der Waals surface area contributed by atoms with Gasteiger partial charge in [0, 0.05) is 5.39 Å². The molecule has 1 aromatic carbocycles. The number of nitrogen functional groups attached to an aromatic ring is 1. The average molecular weight is 211 g/mol. The second-order valence-corrected chi connectivity index (χ2v) is 2.77. The maximum Gasteiger partial charge on any atom is 0.166 e. The van der Waals surface area contributed by atoms with Crippen molar-refractivity contribution in [3.05, 3.63) is 30.3 Å². The summed E-state index contributed by atoms with van der Waals surface area (Å²) >= 11 is 0. The second kappa shape index (κ2) is 4.15. The number of halogens is 1. The quantitative estimate of drug-likeness (QED) is 0.786. The van der Waals surface area contributed by atoms with Gasteiger partial charge in [-0.15, -0.1) is 12.4 Å². The zero-order chi connectivity index (χ0) is 9.26. The van der Waals surface area contributed by atoms with Crippen LogP contribution >= 0.6 is 12.4 Å². The molecule has 0 saturated carbocycles. The van der Waals surface area contributed by atoms with Gasteiger partial charge in [0.1, 0.15) is 0 Å². The van der Waals surface area contributed by atoms with Crippen LogP contribution in [0.4, 0.5) is 5.82 Å². The van der Waals surface area contributed by atoms with Gasteiger partial charge < -0.3 is 10.5 Å². The first-order valence-electron chi connectivity index (χ1n) is 4.00. The molecule has 2 N–H and O–H groups in total. The van der Waals surface area contributed by atoms with E-state index >= 15 is 0 Å². The Labute approximate surface area is 88.3 Å². The average Bonchev–Trinajstić information content (AvgIpc) is 2.17. The van der Waals surface area contributed by atoms with Crippen LogP contribution < -0.4 is 10.5 Å². The summed E-state index contributed by atoms with van der Waals surface area (Å²) in [6.45, 7) is 0.